The number of carboxylic acid groups (broad SMARTS) is 1. The average molecular weight is 434 g/mol. The maximum absolute atomic E-state index is 12.9. The fourth-order valence-corrected chi connectivity index (χ4v) is 6.68. The Hall–Kier alpha value is -3.09. The van der Waals surface area contributed by atoms with E-state index in [1.807, 2.05) is 24.3 Å². The lowest BCUT2D eigenvalue weighted by Gasteiger charge is -2.53. The van der Waals surface area contributed by atoms with Gasteiger partial charge in [-0.2, -0.15) is 0 Å². The van der Waals surface area contributed by atoms with Crippen LogP contribution in [0.4, 0.5) is 4.79 Å². The van der Waals surface area contributed by atoms with Crippen LogP contribution >= 0.6 is 0 Å². The van der Waals surface area contributed by atoms with Crippen LogP contribution in [-0.4, -0.2) is 33.2 Å². The van der Waals surface area contributed by atoms with E-state index in [0.717, 1.165) is 59.3 Å². The van der Waals surface area contributed by atoms with Crippen molar-refractivity contribution in [1.82, 2.24) is 15.3 Å². The first-order valence-electron chi connectivity index (χ1n) is 11.5. The highest BCUT2D eigenvalue weighted by Gasteiger charge is 2.50. The first kappa shape index (κ1) is 19.6. The van der Waals surface area contributed by atoms with Crippen LogP contribution in [0.2, 0.25) is 0 Å². The zero-order valence-corrected chi connectivity index (χ0v) is 18.0. The number of hydrogen-bond acceptors (Lipinski definition) is 4. The van der Waals surface area contributed by atoms with Crippen molar-refractivity contribution < 1.29 is 19.4 Å². The third-order valence-corrected chi connectivity index (χ3v) is 8.07. The van der Waals surface area contributed by atoms with Crippen LogP contribution in [0, 0.1) is 23.7 Å². The van der Waals surface area contributed by atoms with Crippen molar-refractivity contribution >= 4 is 33.9 Å². The van der Waals surface area contributed by atoms with Gasteiger partial charge in [-0.1, -0.05) is 18.2 Å². The molecule has 7 heteroatoms. The Morgan fingerprint density at radius 1 is 1.06 bits per heavy atom. The number of hydrogen-bond donors (Lipinski definition) is 3. The number of rotatable bonds is 4. The SMILES string of the molecule is CC(NC(=O)OC1C2CC3CC(C2)CC1C3)(C(=O)O)c1cc2c(cn1)[nH]c1ccccc12. The molecule has 7 nitrogen and oxygen atoms in total. The minimum absolute atomic E-state index is 0.107. The van der Waals surface area contributed by atoms with Crippen molar-refractivity contribution in [1.29, 1.82) is 0 Å². The summed E-state index contributed by atoms with van der Waals surface area (Å²) >= 11 is 0. The third kappa shape index (κ3) is 2.98. The number of nitrogens with one attached hydrogen (secondary N) is 2. The second-order valence-corrected chi connectivity index (χ2v) is 10.1. The molecule has 1 aromatic carbocycles. The second kappa shape index (κ2) is 6.95. The van der Waals surface area contributed by atoms with E-state index in [4.69, 9.17) is 4.74 Å². The summed E-state index contributed by atoms with van der Waals surface area (Å²) in [6.45, 7) is 1.47. The monoisotopic (exact) mass is 433 g/mol. The van der Waals surface area contributed by atoms with Gasteiger partial charge < -0.3 is 20.1 Å². The minimum Gasteiger partial charge on any atom is -0.479 e. The Labute approximate surface area is 185 Å². The van der Waals surface area contributed by atoms with Crippen LogP contribution in [-0.2, 0) is 15.1 Å². The third-order valence-electron chi connectivity index (χ3n) is 8.07. The van der Waals surface area contributed by atoms with Crippen molar-refractivity contribution in [2.45, 2.75) is 50.7 Å². The predicted molar refractivity (Wildman–Crippen MR) is 119 cm³/mol. The second-order valence-electron chi connectivity index (χ2n) is 10.1. The number of alkyl carbamates (subject to hydrolysis) is 1. The standard InChI is InChI=1S/C25H27N3O4/c1-25(23(29)30,21-11-18-17-4-2-3-5-19(17)27-20(18)12-26-21)28-24(31)32-22-15-7-13-6-14(9-15)10-16(22)8-13/h2-5,11-16,22,27H,6-10H2,1H3,(H,28,31)(H,29,30). The summed E-state index contributed by atoms with van der Waals surface area (Å²) in [5, 5.41) is 14.6. The molecule has 0 spiro atoms. The van der Waals surface area contributed by atoms with Crippen molar-refractivity contribution in [2.24, 2.45) is 23.7 Å². The van der Waals surface area contributed by atoms with Gasteiger partial charge in [-0.15, -0.1) is 0 Å². The molecule has 7 rings (SSSR count). The van der Waals surface area contributed by atoms with Crippen LogP contribution in [0.1, 0.15) is 44.7 Å². The number of carbonyl (C=O) groups is 2. The Morgan fingerprint density at radius 2 is 1.75 bits per heavy atom. The predicted octanol–water partition coefficient (Wildman–Crippen LogP) is 4.57. The molecule has 0 radical (unpaired) electrons. The Bertz CT molecular complexity index is 1210. The number of aromatic nitrogens is 2. The van der Waals surface area contributed by atoms with E-state index >= 15 is 0 Å². The number of pyridine rings is 1. The molecule has 3 N–H and O–H groups in total. The van der Waals surface area contributed by atoms with Gasteiger partial charge in [0, 0.05) is 16.3 Å². The molecule has 166 valence electrons. The van der Waals surface area contributed by atoms with Crippen molar-refractivity contribution in [3.05, 3.63) is 42.2 Å². The summed E-state index contributed by atoms with van der Waals surface area (Å²) < 4.78 is 5.89. The number of benzene rings is 1. The molecule has 4 bridgehead atoms. The van der Waals surface area contributed by atoms with E-state index in [-0.39, 0.29) is 11.8 Å². The molecule has 1 unspecified atom stereocenters. The number of amides is 1. The molecule has 4 aliphatic carbocycles. The number of nitrogens with zero attached hydrogens (tertiary/aromatic N) is 1. The molecule has 2 heterocycles. The van der Waals surface area contributed by atoms with Crippen molar-refractivity contribution in [2.75, 3.05) is 0 Å². The number of fused-ring (bicyclic) bond motifs is 3. The summed E-state index contributed by atoms with van der Waals surface area (Å²) in [4.78, 5) is 32.9. The largest absolute Gasteiger partial charge is 0.479 e. The Kier molecular flexibility index (Phi) is 4.26. The molecule has 32 heavy (non-hydrogen) atoms. The number of aromatic amines is 1. The summed E-state index contributed by atoms with van der Waals surface area (Å²) in [7, 11) is 0. The van der Waals surface area contributed by atoms with Crippen LogP contribution in [0.25, 0.3) is 21.8 Å². The number of ether oxygens (including phenoxy) is 1. The Balaban J connectivity index is 1.27. The lowest BCUT2D eigenvalue weighted by molar-refractivity contribution is -0.145. The molecule has 0 aliphatic heterocycles. The first-order chi connectivity index (χ1) is 15.4. The van der Waals surface area contributed by atoms with Crippen molar-refractivity contribution in [3.63, 3.8) is 0 Å². The van der Waals surface area contributed by atoms with E-state index < -0.39 is 17.6 Å². The Morgan fingerprint density at radius 3 is 2.44 bits per heavy atom. The van der Waals surface area contributed by atoms with Crippen LogP contribution in [0.3, 0.4) is 0 Å². The maximum atomic E-state index is 12.9. The lowest BCUT2D eigenvalue weighted by atomic mass is 9.55. The fraction of sp³-hybridized carbons (Fsp3) is 0.480. The molecule has 1 atom stereocenters. The number of para-hydroxylation sites is 1. The van der Waals surface area contributed by atoms with Gasteiger partial charge in [0.05, 0.1) is 17.4 Å². The number of H-pyrrole nitrogens is 1. The van der Waals surface area contributed by atoms with Crippen LogP contribution in [0.5, 0.6) is 0 Å². The molecule has 0 saturated heterocycles. The molecule has 1 amide bonds. The quantitative estimate of drug-likeness (QED) is 0.559. The van der Waals surface area contributed by atoms with Gasteiger partial charge in [-0.25, -0.2) is 9.59 Å². The number of aliphatic carboxylic acids is 1. The molecular formula is C25H27N3O4. The zero-order valence-electron chi connectivity index (χ0n) is 18.0. The lowest BCUT2D eigenvalue weighted by Crippen LogP contribution is -2.54. The summed E-state index contributed by atoms with van der Waals surface area (Å²) in [5.74, 6) is 1.20. The highest BCUT2D eigenvalue weighted by Crippen LogP contribution is 2.54. The summed E-state index contributed by atoms with van der Waals surface area (Å²) in [6.07, 6.45) is 6.67. The normalized spacial score (nSPS) is 30.3. The van der Waals surface area contributed by atoms with Crippen molar-refractivity contribution in [3.8, 4) is 0 Å². The van der Waals surface area contributed by atoms with E-state index in [0.29, 0.717) is 11.8 Å². The van der Waals surface area contributed by atoms with Crippen LogP contribution < -0.4 is 5.32 Å². The molecule has 4 fully saturated rings. The summed E-state index contributed by atoms with van der Waals surface area (Å²) in [5.41, 5.74) is 0.339. The number of carbonyl (C=O) groups excluding carboxylic acids is 1. The maximum Gasteiger partial charge on any atom is 0.408 e. The zero-order chi connectivity index (χ0) is 22.0. The van der Waals surface area contributed by atoms with E-state index in [1.54, 1.807) is 12.3 Å². The van der Waals surface area contributed by atoms with Gasteiger partial charge in [0.25, 0.3) is 0 Å². The van der Waals surface area contributed by atoms with E-state index in [2.05, 4.69) is 15.3 Å². The van der Waals surface area contributed by atoms with Gasteiger partial charge in [-0.3, -0.25) is 4.98 Å². The molecule has 4 aliphatic rings. The topological polar surface area (TPSA) is 104 Å². The van der Waals surface area contributed by atoms with Gasteiger partial charge in [-0.05, 0) is 74.8 Å². The highest BCUT2D eigenvalue weighted by atomic mass is 16.6. The van der Waals surface area contributed by atoms with Gasteiger partial charge in [0.2, 0.25) is 0 Å². The fourth-order valence-electron chi connectivity index (χ4n) is 6.68. The van der Waals surface area contributed by atoms with Gasteiger partial charge in [0.1, 0.15) is 6.10 Å². The molecular weight excluding hydrogens is 406 g/mol. The highest BCUT2D eigenvalue weighted by molar-refractivity contribution is 6.07. The van der Waals surface area contributed by atoms with E-state index in [1.165, 1.54) is 13.3 Å². The van der Waals surface area contributed by atoms with Crippen LogP contribution in [0.15, 0.2) is 36.5 Å². The minimum atomic E-state index is -1.70. The van der Waals surface area contributed by atoms with Gasteiger partial charge in [0.15, 0.2) is 5.54 Å². The average Bonchev–Trinajstić information content (AvgIpc) is 3.13. The molecule has 4 saturated carbocycles. The molecule has 2 aromatic heterocycles. The smallest absolute Gasteiger partial charge is 0.408 e. The number of carboxylic acids is 1. The summed E-state index contributed by atoms with van der Waals surface area (Å²) in [6, 6.07) is 9.56. The first-order valence-corrected chi connectivity index (χ1v) is 11.5. The van der Waals surface area contributed by atoms with E-state index in [9.17, 15) is 14.7 Å². The van der Waals surface area contributed by atoms with Gasteiger partial charge >= 0.3 is 12.1 Å². The molecule has 3 aromatic rings.